The number of hydrogen-bond acceptors (Lipinski definition) is 3. The van der Waals surface area contributed by atoms with Gasteiger partial charge in [0.1, 0.15) is 0 Å². The number of ether oxygens (including phenoxy) is 1. The van der Waals surface area contributed by atoms with E-state index in [9.17, 15) is 9.90 Å². The van der Waals surface area contributed by atoms with Crippen molar-refractivity contribution in [3.8, 4) is 28.2 Å². The van der Waals surface area contributed by atoms with Crippen LogP contribution in [0.1, 0.15) is 10.6 Å². The molecule has 3 aromatic rings. The molecular formula is C18H14O4. The molecule has 1 N–H and O–H groups in total. The Morgan fingerprint density at radius 2 is 1.41 bits per heavy atom. The largest absolute Gasteiger partial charge is 0.475 e. The maximum absolute atomic E-state index is 11.6. The quantitative estimate of drug-likeness (QED) is 0.778. The zero-order chi connectivity index (χ0) is 15.5. The van der Waals surface area contributed by atoms with E-state index in [-0.39, 0.29) is 11.7 Å². The summed E-state index contributed by atoms with van der Waals surface area (Å²) in [6, 6.07) is 18.8. The van der Waals surface area contributed by atoms with Crippen molar-refractivity contribution in [2.24, 2.45) is 0 Å². The molecule has 0 aliphatic rings. The summed E-state index contributed by atoms with van der Waals surface area (Å²) in [5.41, 5.74) is 2.78. The van der Waals surface area contributed by atoms with Gasteiger partial charge in [-0.1, -0.05) is 60.7 Å². The van der Waals surface area contributed by atoms with Crippen LogP contribution in [0.5, 0.6) is 5.95 Å². The lowest BCUT2D eigenvalue weighted by atomic mass is 9.96. The SMILES string of the molecule is COc1oc(C(=O)O)c(-c2ccccc2)c1-c1ccccc1. The second-order valence-electron chi connectivity index (χ2n) is 4.71. The molecule has 0 atom stereocenters. The number of carboxylic acid groups (broad SMARTS) is 1. The standard InChI is InChI=1S/C18H14O4/c1-21-18-15(13-10-6-3-7-11-13)14(16(22-18)17(19)20)12-8-4-2-5-9-12/h2-11H,1H3,(H,19,20). The van der Waals surface area contributed by atoms with Gasteiger partial charge in [-0.3, -0.25) is 0 Å². The van der Waals surface area contributed by atoms with Crippen molar-refractivity contribution in [1.29, 1.82) is 0 Å². The number of carboxylic acids is 1. The van der Waals surface area contributed by atoms with Gasteiger partial charge in [-0.05, 0) is 11.1 Å². The minimum atomic E-state index is -1.13. The van der Waals surface area contributed by atoms with Gasteiger partial charge in [0, 0.05) is 5.56 Å². The van der Waals surface area contributed by atoms with E-state index in [2.05, 4.69) is 0 Å². The summed E-state index contributed by atoms with van der Waals surface area (Å²) >= 11 is 0. The van der Waals surface area contributed by atoms with E-state index in [0.29, 0.717) is 11.1 Å². The van der Waals surface area contributed by atoms with Gasteiger partial charge < -0.3 is 14.3 Å². The smallest absolute Gasteiger partial charge is 0.372 e. The first-order valence-electron chi connectivity index (χ1n) is 6.77. The summed E-state index contributed by atoms with van der Waals surface area (Å²) in [7, 11) is 1.46. The molecule has 0 spiro atoms. The van der Waals surface area contributed by atoms with Crippen LogP contribution in [-0.4, -0.2) is 18.2 Å². The van der Waals surface area contributed by atoms with E-state index >= 15 is 0 Å². The Morgan fingerprint density at radius 3 is 1.86 bits per heavy atom. The van der Waals surface area contributed by atoms with Crippen molar-refractivity contribution in [2.45, 2.75) is 0 Å². The van der Waals surface area contributed by atoms with Crippen molar-refractivity contribution in [2.75, 3.05) is 7.11 Å². The molecule has 0 saturated heterocycles. The van der Waals surface area contributed by atoms with Gasteiger partial charge in [-0.2, -0.15) is 0 Å². The maximum atomic E-state index is 11.6. The second-order valence-corrected chi connectivity index (χ2v) is 4.71. The van der Waals surface area contributed by atoms with Gasteiger partial charge in [0.15, 0.2) is 0 Å². The number of rotatable bonds is 4. The molecule has 0 bridgehead atoms. The molecular weight excluding hydrogens is 280 g/mol. The molecule has 0 amide bonds. The predicted octanol–water partition coefficient (Wildman–Crippen LogP) is 4.32. The van der Waals surface area contributed by atoms with Crippen LogP contribution >= 0.6 is 0 Å². The van der Waals surface area contributed by atoms with Gasteiger partial charge >= 0.3 is 5.97 Å². The van der Waals surface area contributed by atoms with Gasteiger partial charge in [0.25, 0.3) is 5.95 Å². The van der Waals surface area contributed by atoms with E-state index in [0.717, 1.165) is 11.1 Å². The molecule has 0 unspecified atom stereocenters. The lowest BCUT2D eigenvalue weighted by Crippen LogP contribution is -1.96. The fourth-order valence-corrected chi connectivity index (χ4v) is 2.45. The molecule has 22 heavy (non-hydrogen) atoms. The van der Waals surface area contributed by atoms with Crippen molar-refractivity contribution in [3.05, 3.63) is 66.4 Å². The molecule has 1 heterocycles. The Hall–Kier alpha value is -3.01. The van der Waals surface area contributed by atoms with Crippen molar-refractivity contribution >= 4 is 5.97 Å². The maximum Gasteiger partial charge on any atom is 0.372 e. The summed E-state index contributed by atoms with van der Waals surface area (Å²) in [6.45, 7) is 0. The molecule has 0 aliphatic heterocycles. The van der Waals surface area contributed by atoms with Crippen LogP contribution < -0.4 is 4.74 Å². The molecule has 0 saturated carbocycles. The summed E-state index contributed by atoms with van der Waals surface area (Å²) in [5, 5.41) is 9.46. The molecule has 0 fully saturated rings. The Morgan fingerprint density at radius 1 is 0.909 bits per heavy atom. The van der Waals surface area contributed by atoms with Crippen molar-refractivity contribution in [3.63, 3.8) is 0 Å². The number of benzene rings is 2. The second kappa shape index (κ2) is 5.77. The highest BCUT2D eigenvalue weighted by Crippen LogP contribution is 2.44. The zero-order valence-corrected chi connectivity index (χ0v) is 11.9. The van der Waals surface area contributed by atoms with Crippen LogP contribution in [0.2, 0.25) is 0 Å². The molecule has 0 radical (unpaired) electrons. The Bertz CT molecular complexity index is 789. The van der Waals surface area contributed by atoms with Gasteiger partial charge in [-0.15, -0.1) is 0 Å². The minimum Gasteiger partial charge on any atom is -0.475 e. The summed E-state index contributed by atoms with van der Waals surface area (Å²) < 4.78 is 10.7. The number of methoxy groups -OCH3 is 1. The third-order valence-corrected chi connectivity index (χ3v) is 3.38. The molecule has 4 nitrogen and oxygen atoms in total. The summed E-state index contributed by atoms with van der Waals surface area (Å²) in [4.78, 5) is 11.6. The van der Waals surface area contributed by atoms with Crippen LogP contribution in [0.15, 0.2) is 65.1 Å². The molecule has 4 heteroatoms. The number of hydrogen-bond donors (Lipinski definition) is 1. The topological polar surface area (TPSA) is 59.7 Å². The number of aromatic carboxylic acids is 1. The number of furan rings is 1. The Balaban J connectivity index is 2.34. The van der Waals surface area contributed by atoms with Gasteiger partial charge in [0.05, 0.1) is 12.7 Å². The zero-order valence-electron chi connectivity index (χ0n) is 11.9. The average molecular weight is 294 g/mol. The molecule has 1 aromatic heterocycles. The molecule has 0 aliphatic carbocycles. The van der Waals surface area contributed by atoms with Gasteiger partial charge in [0.2, 0.25) is 5.76 Å². The minimum absolute atomic E-state index is 0.123. The highest BCUT2D eigenvalue weighted by molar-refractivity contribution is 6.00. The first-order valence-corrected chi connectivity index (χ1v) is 6.77. The lowest BCUT2D eigenvalue weighted by molar-refractivity contribution is 0.0657. The van der Waals surface area contributed by atoms with E-state index in [1.54, 1.807) is 0 Å². The highest BCUT2D eigenvalue weighted by atomic mass is 16.6. The highest BCUT2D eigenvalue weighted by Gasteiger charge is 2.27. The summed E-state index contributed by atoms with van der Waals surface area (Å²) in [5.74, 6) is -1.05. The third kappa shape index (κ3) is 2.35. The lowest BCUT2D eigenvalue weighted by Gasteiger charge is -2.06. The normalized spacial score (nSPS) is 10.4. The third-order valence-electron chi connectivity index (χ3n) is 3.38. The van der Waals surface area contributed by atoms with Crippen LogP contribution in [-0.2, 0) is 0 Å². The van der Waals surface area contributed by atoms with Crippen LogP contribution in [0, 0.1) is 0 Å². The fourth-order valence-electron chi connectivity index (χ4n) is 2.45. The van der Waals surface area contributed by atoms with Crippen LogP contribution in [0.4, 0.5) is 0 Å². The Kier molecular flexibility index (Phi) is 3.66. The van der Waals surface area contributed by atoms with Crippen molar-refractivity contribution < 1.29 is 19.1 Å². The predicted molar refractivity (Wildman–Crippen MR) is 83.1 cm³/mol. The Labute approximate surface area is 127 Å². The van der Waals surface area contributed by atoms with E-state index < -0.39 is 5.97 Å². The van der Waals surface area contributed by atoms with E-state index in [1.165, 1.54) is 7.11 Å². The van der Waals surface area contributed by atoms with Gasteiger partial charge in [-0.25, -0.2) is 4.79 Å². The summed E-state index contributed by atoms with van der Waals surface area (Å²) in [6.07, 6.45) is 0. The number of carbonyl (C=O) groups is 1. The molecule has 110 valence electrons. The molecule has 2 aromatic carbocycles. The molecule has 3 rings (SSSR count). The fraction of sp³-hybridized carbons (Fsp3) is 0.0556. The van der Waals surface area contributed by atoms with Crippen molar-refractivity contribution in [1.82, 2.24) is 0 Å². The first kappa shape index (κ1) is 13.9. The average Bonchev–Trinajstić information content (AvgIpc) is 2.96. The van der Waals surface area contributed by atoms with Crippen LogP contribution in [0.3, 0.4) is 0 Å². The van der Waals surface area contributed by atoms with E-state index in [4.69, 9.17) is 9.15 Å². The van der Waals surface area contributed by atoms with Crippen LogP contribution in [0.25, 0.3) is 22.3 Å². The first-order chi connectivity index (χ1) is 10.7. The monoisotopic (exact) mass is 294 g/mol. The van der Waals surface area contributed by atoms with E-state index in [1.807, 2.05) is 60.7 Å².